The number of anilines is 1. The SMILES string of the molecule is COC(=O)c1cccc(NC(=S)NCCSc2ccc(Cl)cc2)c1C. The fourth-order valence-electron chi connectivity index (χ4n) is 2.13. The number of carbonyl (C=O) groups is 1. The molecule has 7 heteroatoms. The van der Waals surface area contributed by atoms with Crippen LogP contribution < -0.4 is 10.6 Å². The minimum absolute atomic E-state index is 0.362. The minimum atomic E-state index is -0.362. The summed E-state index contributed by atoms with van der Waals surface area (Å²) in [4.78, 5) is 12.9. The monoisotopic (exact) mass is 394 g/mol. The molecule has 0 saturated heterocycles. The Morgan fingerprint density at radius 3 is 2.64 bits per heavy atom. The summed E-state index contributed by atoms with van der Waals surface area (Å²) in [5, 5.41) is 7.53. The van der Waals surface area contributed by atoms with E-state index in [1.54, 1.807) is 23.9 Å². The first-order valence-corrected chi connectivity index (χ1v) is 9.39. The second-order valence-electron chi connectivity index (χ2n) is 5.15. The van der Waals surface area contributed by atoms with Gasteiger partial charge < -0.3 is 15.4 Å². The van der Waals surface area contributed by atoms with E-state index in [-0.39, 0.29) is 5.97 Å². The van der Waals surface area contributed by atoms with Gasteiger partial charge in [-0.15, -0.1) is 11.8 Å². The lowest BCUT2D eigenvalue weighted by Gasteiger charge is -2.14. The Morgan fingerprint density at radius 1 is 1.24 bits per heavy atom. The molecule has 2 rings (SSSR count). The highest BCUT2D eigenvalue weighted by molar-refractivity contribution is 7.99. The summed E-state index contributed by atoms with van der Waals surface area (Å²) in [6.45, 7) is 2.57. The van der Waals surface area contributed by atoms with Crippen molar-refractivity contribution < 1.29 is 9.53 Å². The molecule has 0 fully saturated rings. The second-order valence-corrected chi connectivity index (χ2v) is 7.17. The fourth-order valence-corrected chi connectivity index (χ4v) is 3.24. The molecule has 0 saturated carbocycles. The second kappa shape index (κ2) is 9.65. The van der Waals surface area contributed by atoms with Crippen LogP contribution in [-0.4, -0.2) is 30.5 Å². The lowest BCUT2D eigenvalue weighted by atomic mass is 10.1. The molecular formula is C18H19ClN2O2S2. The molecule has 0 aromatic heterocycles. The van der Waals surface area contributed by atoms with Gasteiger partial charge in [0.15, 0.2) is 5.11 Å². The molecule has 0 bridgehead atoms. The topological polar surface area (TPSA) is 50.4 Å². The van der Waals surface area contributed by atoms with E-state index >= 15 is 0 Å². The van der Waals surface area contributed by atoms with Crippen LogP contribution in [0, 0.1) is 6.92 Å². The summed E-state index contributed by atoms with van der Waals surface area (Å²) in [5.41, 5.74) is 2.10. The van der Waals surface area contributed by atoms with E-state index in [9.17, 15) is 4.79 Å². The number of methoxy groups -OCH3 is 1. The third kappa shape index (κ3) is 5.92. The maximum atomic E-state index is 11.7. The number of esters is 1. The van der Waals surface area contributed by atoms with E-state index in [4.69, 9.17) is 28.6 Å². The zero-order chi connectivity index (χ0) is 18.2. The minimum Gasteiger partial charge on any atom is -0.465 e. The first-order valence-electron chi connectivity index (χ1n) is 7.62. The summed E-state index contributed by atoms with van der Waals surface area (Å²) in [6, 6.07) is 13.1. The van der Waals surface area contributed by atoms with Crippen molar-refractivity contribution in [2.45, 2.75) is 11.8 Å². The largest absolute Gasteiger partial charge is 0.465 e. The smallest absolute Gasteiger partial charge is 0.338 e. The molecule has 0 heterocycles. The molecule has 2 N–H and O–H groups in total. The van der Waals surface area contributed by atoms with Crippen LogP contribution in [0.2, 0.25) is 5.02 Å². The lowest BCUT2D eigenvalue weighted by Crippen LogP contribution is -2.30. The van der Waals surface area contributed by atoms with Crippen LogP contribution in [-0.2, 0) is 4.74 Å². The van der Waals surface area contributed by atoms with Gasteiger partial charge >= 0.3 is 5.97 Å². The van der Waals surface area contributed by atoms with Gasteiger partial charge in [-0.25, -0.2) is 4.79 Å². The molecule has 25 heavy (non-hydrogen) atoms. The maximum Gasteiger partial charge on any atom is 0.338 e. The standard InChI is InChI=1S/C18H19ClN2O2S2/c1-12-15(17(22)23-2)4-3-5-16(12)21-18(24)20-10-11-25-14-8-6-13(19)7-9-14/h3-9H,10-11H2,1-2H3,(H2,20,21,24). The summed E-state index contributed by atoms with van der Waals surface area (Å²) >= 11 is 12.9. The van der Waals surface area contributed by atoms with Gasteiger partial charge in [0.2, 0.25) is 0 Å². The number of ether oxygens (including phenoxy) is 1. The van der Waals surface area contributed by atoms with Crippen LogP contribution in [0.25, 0.3) is 0 Å². The van der Waals surface area contributed by atoms with Crippen LogP contribution in [0.4, 0.5) is 5.69 Å². The van der Waals surface area contributed by atoms with Crippen molar-refractivity contribution in [3.63, 3.8) is 0 Å². The normalized spacial score (nSPS) is 10.2. The van der Waals surface area contributed by atoms with Gasteiger partial charge in [0, 0.05) is 27.9 Å². The maximum absolute atomic E-state index is 11.7. The van der Waals surface area contributed by atoms with Crippen molar-refractivity contribution in [2.75, 3.05) is 24.7 Å². The summed E-state index contributed by atoms with van der Waals surface area (Å²) in [7, 11) is 1.37. The average molecular weight is 395 g/mol. The van der Waals surface area contributed by atoms with Crippen LogP contribution in [0.15, 0.2) is 47.4 Å². The highest BCUT2D eigenvalue weighted by Gasteiger charge is 2.12. The average Bonchev–Trinajstić information content (AvgIpc) is 2.61. The lowest BCUT2D eigenvalue weighted by molar-refractivity contribution is 0.0600. The fraction of sp³-hybridized carbons (Fsp3) is 0.222. The molecule has 0 amide bonds. The zero-order valence-corrected chi connectivity index (χ0v) is 16.4. The number of carbonyl (C=O) groups excluding carboxylic acids is 1. The van der Waals surface area contributed by atoms with Crippen molar-refractivity contribution in [3.05, 3.63) is 58.6 Å². The quantitative estimate of drug-likeness (QED) is 0.325. The Hall–Kier alpha value is -1.76. The van der Waals surface area contributed by atoms with Gasteiger partial charge in [-0.3, -0.25) is 0 Å². The van der Waals surface area contributed by atoms with E-state index < -0.39 is 0 Å². The summed E-state index contributed by atoms with van der Waals surface area (Å²) in [5.74, 6) is 0.504. The number of hydrogen-bond acceptors (Lipinski definition) is 4. The highest BCUT2D eigenvalue weighted by Crippen LogP contribution is 2.21. The van der Waals surface area contributed by atoms with Crippen LogP contribution >= 0.6 is 35.6 Å². The van der Waals surface area contributed by atoms with E-state index in [1.165, 1.54) is 7.11 Å². The van der Waals surface area contributed by atoms with Crippen LogP contribution in [0.3, 0.4) is 0 Å². The van der Waals surface area contributed by atoms with E-state index in [0.29, 0.717) is 10.7 Å². The van der Waals surface area contributed by atoms with Crippen molar-refractivity contribution in [1.82, 2.24) is 5.32 Å². The molecule has 2 aromatic carbocycles. The van der Waals surface area contributed by atoms with Crippen molar-refractivity contribution >= 4 is 52.3 Å². The molecular weight excluding hydrogens is 376 g/mol. The first-order chi connectivity index (χ1) is 12.0. The zero-order valence-electron chi connectivity index (χ0n) is 14.0. The number of rotatable bonds is 6. The first kappa shape index (κ1) is 19.6. The molecule has 0 aliphatic rings. The van der Waals surface area contributed by atoms with Crippen molar-refractivity contribution in [2.24, 2.45) is 0 Å². The Labute approximate surface area is 162 Å². The molecule has 4 nitrogen and oxygen atoms in total. The predicted octanol–water partition coefficient (Wildman–Crippen LogP) is 4.51. The van der Waals surface area contributed by atoms with E-state index in [2.05, 4.69) is 10.6 Å². The Balaban J connectivity index is 1.82. The molecule has 0 spiro atoms. The number of benzene rings is 2. The Kier molecular flexibility index (Phi) is 7.55. The molecule has 0 aliphatic heterocycles. The van der Waals surface area contributed by atoms with Gasteiger partial charge in [0.05, 0.1) is 12.7 Å². The van der Waals surface area contributed by atoms with Crippen molar-refractivity contribution in [1.29, 1.82) is 0 Å². The van der Waals surface area contributed by atoms with E-state index in [0.717, 1.165) is 33.5 Å². The molecule has 0 unspecified atom stereocenters. The number of halogens is 1. The summed E-state index contributed by atoms with van der Waals surface area (Å²) < 4.78 is 4.78. The van der Waals surface area contributed by atoms with Gasteiger partial charge in [0.25, 0.3) is 0 Å². The molecule has 0 radical (unpaired) electrons. The Morgan fingerprint density at radius 2 is 1.96 bits per heavy atom. The van der Waals surface area contributed by atoms with Gasteiger partial charge in [0.1, 0.15) is 0 Å². The van der Waals surface area contributed by atoms with E-state index in [1.807, 2.05) is 37.3 Å². The Bertz CT molecular complexity index is 751. The third-order valence-corrected chi connectivity index (χ3v) is 4.97. The molecule has 0 atom stereocenters. The van der Waals surface area contributed by atoms with Crippen LogP contribution in [0.1, 0.15) is 15.9 Å². The molecule has 0 aliphatic carbocycles. The van der Waals surface area contributed by atoms with Crippen molar-refractivity contribution in [3.8, 4) is 0 Å². The molecule has 2 aromatic rings. The summed E-state index contributed by atoms with van der Waals surface area (Å²) in [6.07, 6.45) is 0. The predicted molar refractivity (Wildman–Crippen MR) is 109 cm³/mol. The number of nitrogens with one attached hydrogen (secondary N) is 2. The highest BCUT2D eigenvalue weighted by atomic mass is 35.5. The number of thiocarbonyl (C=S) groups is 1. The van der Waals surface area contributed by atoms with Gasteiger partial charge in [-0.2, -0.15) is 0 Å². The van der Waals surface area contributed by atoms with Gasteiger partial charge in [-0.1, -0.05) is 17.7 Å². The molecule has 132 valence electrons. The van der Waals surface area contributed by atoms with Gasteiger partial charge in [-0.05, 0) is 61.1 Å². The number of thioether (sulfide) groups is 1. The number of hydrogen-bond donors (Lipinski definition) is 2. The van der Waals surface area contributed by atoms with Crippen LogP contribution in [0.5, 0.6) is 0 Å². The third-order valence-electron chi connectivity index (χ3n) is 3.46.